The third kappa shape index (κ3) is 5.92. The number of carbonyl (C=O) groups excluding carboxylic acids is 1. The highest BCUT2D eigenvalue weighted by Crippen LogP contribution is 2.22. The van der Waals surface area contributed by atoms with E-state index < -0.39 is 21.7 Å². The molecule has 1 fully saturated rings. The van der Waals surface area contributed by atoms with Crippen LogP contribution in [0.25, 0.3) is 5.69 Å². The van der Waals surface area contributed by atoms with Crippen molar-refractivity contribution in [3.05, 3.63) is 66.0 Å². The average Bonchev–Trinajstić information content (AvgIpc) is 3.12. The van der Waals surface area contributed by atoms with Crippen LogP contribution in [0.2, 0.25) is 0 Å². The molecular weight excluding hydrogens is 438 g/mol. The number of nitrogens with one attached hydrogen (secondary N) is 2. The monoisotopic (exact) mass is 467 g/mol. The number of sulfonamides is 1. The SMILES string of the molecule is Cc1cc(C)n(-c2cccc(NC(=O)CS(=O)(=O)Nc3ccc(N4CCCCC4)cc3)c2)n1. The van der Waals surface area contributed by atoms with E-state index in [4.69, 9.17) is 0 Å². The molecule has 0 atom stereocenters. The highest BCUT2D eigenvalue weighted by atomic mass is 32.2. The van der Waals surface area contributed by atoms with Crippen molar-refractivity contribution in [3.8, 4) is 5.69 Å². The Bertz CT molecular complexity index is 1230. The summed E-state index contributed by atoms with van der Waals surface area (Å²) < 4.78 is 29.3. The molecule has 2 aromatic carbocycles. The molecule has 0 spiro atoms. The van der Waals surface area contributed by atoms with E-state index in [1.807, 2.05) is 38.1 Å². The van der Waals surface area contributed by atoms with E-state index in [0.717, 1.165) is 35.9 Å². The number of nitrogens with zero attached hydrogens (tertiary/aromatic N) is 3. The van der Waals surface area contributed by atoms with Gasteiger partial charge in [-0.2, -0.15) is 5.10 Å². The highest BCUT2D eigenvalue weighted by molar-refractivity contribution is 7.93. The molecule has 1 aliphatic heterocycles. The van der Waals surface area contributed by atoms with Crippen LogP contribution < -0.4 is 14.9 Å². The fourth-order valence-corrected chi connectivity index (χ4v) is 5.07. The summed E-state index contributed by atoms with van der Waals surface area (Å²) in [5.41, 5.74) is 4.67. The van der Waals surface area contributed by atoms with Gasteiger partial charge >= 0.3 is 0 Å². The van der Waals surface area contributed by atoms with Crippen LogP contribution in [-0.2, 0) is 14.8 Å². The van der Waals surface area contributed by atoms with Crippen molar-refractivity contribution in [2.24, 2.45) is 0 Å². The molecule has 1 aliphatic rings. The number of rotatable bonds is 7. The Balaban J connectivity index is 1.37. The first-order valence-electron chi connectivity index (χ1n) is 11.1. The molecule has 0 unspecified atom stereocenters. The van der Waals surface area contributed by atoms with Crippen LogP contribution in [0.4, 0.5) is 17.1 Å². The van der Waals surface area contributed by atoms with Gasteiger partial charge in [-0.1, -0.05) is 6.07 Å². The molecule has 3 aromatic rings. The quantitative estimate of drug-likeness (QED) is 0.550. The number of hydrogen-bond acceptors (Lipinski definition) is 5. The van der Waals surface area contributed by atoms with Crippen molar-refractivity contribution in [3.63, 3.8) is 0 Å². The fourth-order valence-electron chi connectivity index (χ4n) is 4.08. The maximum atomic E-state index is 12.5. The van der Waals surface area contributed by atoms with Crippen LogP contribution >= 0.6 is 0 Å². The summed E-state index contributed by atoms with van der Waals surface area (Å²) in [5.74, 6) is -1.29. The van der Waals surface area contributed by atoms with Crippen molar-refractivity contribution in [2.45, 2.75) is 33.1 Å². The maximum Gasteiger partial charge on any atom is 0.241 e. The second-order valence-electron chi connectivity index (χ2n) is 8.39. The van der Waals surface area contributed by atoms with Crippen LogP contribution in [0.15, 0.2) is 54.6 Å². The minimum absolute atomic E-state index is 0.440. The van der Waals surface area contributed by atoms with Gasteiger partial charge in [0.2, 0.25) is 15.9 Å². The Morgan fingerprint density at radius 1 is 0.939 bits per heavy atom. The third-order valence-electron chi connectivity index (χ3n) is 5.57. The Morgan fingerprint density at radius 2 is 1.67 bits per heavy atom. The van der Waals surface area contributed by atoms with Crippen molar-refractivity contribution in [1.82, 2.24) is 9.78 Å². The first-order chi connectivity index (χ1) is 15.8. The van der Waals surface area contributed by atoms with E-state index in [0.29, 0.717) is 11.4 Å². The molecule has 33 heavy (non-hydrogen) atoms. The van der Waals surface area contributed by atoms with Gasteiger partial charge in [-0.15, -0.1) is 0 Å². The molecule has 1 amide bonds. The van der Waals surface area contributed by atoms with E-state index in [1.54, 1.807) is 35.0 Å². The number of benzene rings is 2. The molecule has 0 aliphatic carbocycles. The normalized spacial score (nSPS) is 14.2. The molecule has 9 heteroatoms. The molecule has 4 rings (SSSR count). The van der Waals surface area contributed by atoms with Crippen LogP contribution in [0.5, 0.6) is 0 Å². The predicted molar refractivity (Wildman–Crippen MR) is 132 cm³/mol. The van der Waals surface area contributed by atoms with Gasteiger partial charge in [-0.25, -0.2) is 13.1 Å². The lowest BCUT2D eigenvalue weighted by molar-refractivity contribution is -0.113. The predicted octanol–water partition coefficient (Wildman–Crippen LogP) is 3.86. The molecule has 0 bridgehead atoms. The standard InChI is InChI=1S/C24H29N5O3S/c1-18-15-19(2)29(26-18)23-8-6-7-21(16-23)25-24(30)17-33(31,32)27-20-9-11-22(12-10-20)28-13-4-3-5-14-28/h6-12,15-16,27H,3-5,13-14,17H2,1-2H3,(H,25,30). The lowest BCUT2D eigenvalue weighted by atomic mass is 10.1. The lowest BCUT2D eigenvalue weighted by Gasteiger charge is -2.28. The van der Waals surface area contributed by atoms with Gasteiger partial charge in [-0.3, -0.25) is 9.52 Å². The van der Waals surface area contributed by atoms with Gasteiger partial charge in [0.1, 0.15) is 5.75 Å². The number of aromatic nitrogens is 2. The Hall–Kier alpha value is -3.33. The second kappa shape index (κ2) is 9.66. The van der Waals surface area contributed by atoms with Crippen molar-refractivity contribution in [2.75, 3.05) is 33.8 Å². The van der Waals surface area contributed by atoms with Crippen LogP contribution in [0.3, 0.4) is 0 Å². The van der Waals surface area contributed by atoms with Crippen LogP contribution in [0, 0.1) is 13.8 Å². The van der Waals surface area contributed by atoms with Crippen LogP contribution in [0.1, 0.15) is 30.7 Å². The van der Waals surface area contributed by atoms with Gasteiger partial charge in [0.25, 0.3) is 0 Å². The number of anilines is 3. The summed E-state index contributed by atoms with van der Waals surface area (Å²) in [6.07, 6.45) is 3.60. The number of hydrogen-bond donors (Lipinski definition) is 2. The minimum atomic E-state index is -3.85. The topological polar surface area (TPSA) is 96.3 Å². The zero-order valence-corrected chi connectivity index (χ0v) is 19.7. The molecule has 174 valence electrons. The zero-order chi connectivity index (χ0) is 23.4. The first kappa shape index (κ1) is 22.8. The molecule has 8 nitrogen and oxygen atoms in total. The largest absolute Gasteiger partial charge is 0.372 e. The molecule has 0 radical (unpaired) electrons. The van der Waals surface area contributed by atoms with Crippen LogP contribution in [-0.4, -0.2) is 42.9 Å². The first-order valence-corrected chi connectivity index (χ1v) is 12.7. The third-order valence-corrected chi connectivity index (χ3v) is 6.76. The van der Waals surface area contributed by atoms with E-state index in [9.17, 15) is 13.2 Å². The van der Waals surface area contributed by atoms with Gasteiger partial charge in [0.15, 0.2) is 0 Å². The van der Waals surface area contributed by atoms with Crippen molar-refractivity contribution >= 4 is 33.0 Å². The average molecular weight is 468 g/mol. The van der Waals surface area contributed by atoms with Crippen molar-refractivity contribution in [1.29, 1.82) is 0 Å². The lowest BCUT2D eigenvalue weighted by Crippen LogP contribution is -2.29. The molecule has 1 saturated heterocycles. The van der Waals surface area contributed by atoms with Crippen molar-refractivity contribution < 1.29 is 13.2 Å². The van der Waals surface area contributed by atoms with Gasteiger partial charge in [0, 0.05) is 35.8 Å². The second-order valence-corrected chi connectivity index (χ2v) is 10.1. The summed E-state index contributed by atoms with van der Waals surface area (Å²) in [4.78, 5) is 14.7. The van der Waals surface area contributed by atoms with Gasteiger partial charge < -0.3 is 10.2 Å². The number of aryl methyl sites for hydroxylation is 2. The molecule has 2 N–H and O–H groups in total. The van der Waals surface area contributed by atoms with E-state index in [-0.39, 0.29) is 0 Å². The van der Waals surface area contributed by atoms with Gasteiger partial charge in [-0.05, 0) is 81.6 Å². The van der Waals surface area contributed by atoms with E-state index in [2.05, 4.69) is 20.0 Å². The number of carbonyl (C=O) groups is 1. The van der Waals surface area contributed by atoms with E-state index >= 15 is 0 Å². The van der Waals surface area contributed by atoms with E-state index in [1.165, 1.54) is 19.3 Å². The molecule has 0 saturated carbocycles. The summed E-state index contributed by atoms with van der Waals surface area (Å²) >= 11 is 0. The number of amides is 1. The fraction of sp³-hybridized carbons (Fsp3) is 0.333. The minimum Gasteiger partial charge on any atom is -0.372 e. The molecule has 2 heterocycles. The Morgan fingerprint density at radius 3 is 2.33 bits per heavy atom. The van der Waals surface area contributed by atoms with Gasteiger partial charge in [0.05, 0.1) is 11.4 Å². The Kier molecular flexibility index (Phi) is 6.69. The smallest absolute Gasteiger partial charge is 0.241 e. The highest BCUT2D eigenvalue weighted by Gasteiger charge is 2.18. The summed E-state index contributed by atoms with van der Waals surface area (Å²) in [5, 5.41) is 7.10. The molecular formula is C24H29N5O3S. The summed E-state index contributed by atoms with van der Waals surface area (Å²) in [6, 6.07) is 16.4. The number of piperidine rings is 1. The Labute approximate surface area is 194 Å². The summed E-state index contributed by atoms with van der Waals surface area (Å²) in [7, 11) is -3.85. The molecule has 1 aromatic heterocycles. The summed E-state index contributed by atoms with van der Waals surface area (Å²) in [6.45, 7) is 5.90. The zero-order valence-electron chi connectivity index (χ0n) is 18.9. The maximum absolute atomic E-state index is 12.5.